The highest BCUT2D eigenvalue weighted by molar-refractivity contribution is 7.99. The summed E-state index contributed by atoms with van der Waals surface area (Å²) < 4.78 is 16.0. The van der Waals surface area contributed by atoms with E-state index < -0.39 is 5.82 Å². The zero-order valence-electron chi connectivity index (χ0n) is 17.9. The van der Waals surface area contributed by atoms with Crippen LogP contribution in [0.25, 0.3) is 15.9 Å². The Bertz CT molecular complexity index is 1190. The Labute approximate surface area is 189 Å². The van der Waals surface area contributed by atoms with Gasteiger partial charge in [0.05, 0.1) is 16.8 Å². The summed E-state index contributed by atoms with van der Waals surface area (Å²) in [6, 6.07) is 6.25. The summed E-state index contributed by atoms with van der Waals surface area (Å²) in [5, 5.41) is 3.91. The van der Waals surface area contributed by atoms with E-state index in [-0.39, 0.29) is 28.9 Å². The summed E-state index contributed by atoms with van der Waals surface area (Å²) in [4.78, 5) is 32.7. The van der Waals surface area contributed by atoms with E-state index in [1.807, 2.05) is 20.8 Å². The third kappa shape index (κ3) is 4.41. The number of halogens is 1. The molecule has 8 heteroatoms. The Morgan fingerprint density at radius 1 is 1.26 bits per heavy atom. The van der Waals surface area contributed by atoms with Crippen molar-refractivity contribution in [3.8, 4) is 5.69 Å². The van der Waals surface area contributed by atoms with E-state index in [9.17, 15) is 14.0 Å². The number of aryl methyl sites for hydroxylation is 2. The number of benzene rings is 1. The molecule has 0 fully saturated rings. The van der Waals surface area contributed by atoms with Crippen molar-refractivity contribution in [3.63, 3.8) is 0 Å². The van der Waals surface area contributed by atoms with Crippen LogP contribution in [0.1, 0.15) is 44.1 Å². The number of hydrogen-bond acceptors (Lipinski definition) is 5. The molecule has 1 aliphatic rings. The standard InChI is InChI=1S/C23H26FN3O2S2/c1-13(2)14(3)25-19(28)12-30-23-26-21-20(15-8-4-7-11-18(15)31-21)22(29)27(23)17-10-6-5-9-16(17)24/h5-6,9-10,13-14H,4,7-8,11-12H2,1-3H3,(H,25,28). The molecular formula is C23H26FN3O2S2. The molecule has 1 N–H and O–H groups in total. The molecule has 0 saturated carbocycles. The summed E-state index contributed by atoms with van der Waals surface area (Å²) in [6.07, 6.45) is 3.96. The molecule has 1 unspecified atom stereocenters. The third-order valence-corrected chi connectivity index (χ3v) is 7.90. The molecule has 1 atom stereocenters. The molecule has 1 amide bonds. The Balaban J connectivity index is 1.78. The summed E-state index contributed by atoms with van der Waals surface area (Å²) >= 11 is 2.72. The van der Waals surface area contributed by atoms with E-state index in [0.717, 1.165) is 31.2 Å². The molecule has 2 heterocycles. The molecule has 5 nitrogen and oxygen atoms in total. The van der Waals surface area contributed by atoms with Gasteiger partial charge >= 0.3 is 0 Å². The monoisotopic (exact) mass is 459 g/mol. The van der Waals surface area contributed by atoms with Crippen LogP contribution in [0.3, 0.4) is 0 Å². The van der Waals surface area contributed by atoms with Crippen molar-refractivity contribution in [1.82, 2.24) is 14.9 Å². The van der Waals surface area contributed by atoms with Gasteiger partial charge in [-0.3, -0.25) is 14.2 Å². The van der Waals surface area contributed by atoms with Crippen LogP contribution in [-0.4, -0.2) is 27.3 Å². The fraction of sp³-hybridized carbons (Fsp3) is 0.435. The van der Waals surface area contributed by atoms with Gasteiger partial charge in [-0.25, -0.2) is 9.37 Å². The molecule has 2 aromatic heterocycles. The number of para-hydroxylation sites is 1. The van der Waals surface area contributed by atoms with Crippen LogP contribution in [0.15, 0.2) is 34.2 Å². The molecule has 4 rings (SSSR count). The smallest absolute Gasteiger partial charge is 0.267 e. The van der Waals surface area contributed by atoms with Gasteiger partial charge in [0.15, 0.2) is 5.16 Å². The van der Waals surface area contributed by atoms with Gasteiger partial charge in [0, 0.05) is 10.9 Å². The highest BCUT2D eigenvalue weighted by Crippen LogP contribution is 2.35. The van der Waals surface area contributed by atoms with Crippen molar-refractivity contribution in [2.24, 2.45) is 5.92 Å². The van der Waals surface area contributed by atoms with E-state index in [2.05, 4.69) is 5.32 Å². The molecule has 1 aromatic carbocycles. The Morgan fingerprint density at radius 3 is 2.74 bits per heavy atom. The molecule has 0 radical (unpaired) electrons. The van der Waals surface area contributed by atoms with E-state index in [1.54, 1.807) is 29.5 Å². The number of nitrogens with one attached hydrogen (secondary N) is 1. The van der Waals surface area contributed by atoms with Gasteiger partial charge in [0.1, 0.15) is 10.6 Å². The van der Waals surface area contributed by atoms with Gasteiger partial charge < -0.3 is 5.32 Å². The predicted octanol–water partition coefficient (Wildman–Crippen LogP) is 4.72. The number of thioether (sulfide) groups is 1. The predicted molar refractivity (Wildman–Crippen MR) is 125 cm³/mol. The highest BCUT2D eigenvalue weighted by atomic mass is 32.2. The first-order chi connectivity index (χ1) is 14.9. The summed E-state index contributed by atoms with van der Waals surface area (Å²) in [5.74, 6) is -0.202. The number of fused-ring (bicyclic) bond motifs is 3. The van der Waals surface area contributed by atoms with Gasteiger partial charge in [-0.15, -0.1) is 11.3 Å². The second-order valence-electron chi connectivity index (χ2n) is 8.27. The van der Waals surface area contributed by atoms with Crippen LogP contribution in [-0.2, 0) is 17.6 Å². The van der Waals surface area contributed by atoms with Gasteiger partial charge in [-0.1, -0.05) is 37.7 Å². The van der Waals surface area contributed by atoms with Crippen molar-refractivity contribution >= 4 is 39.2 Å². The summed E-state index contributed by atoms with van der Waals surface area (Å²) in [6.45, 7) is 6.05. The number of thiophene rings is 1. The Morgan fingerprint density at radius 2 is 2.00 bits per heavy atom. The minimum Gasteiger partial charge on any atom is -0.353 e. The second-order valence-corrected chi connectivity index (χ2v) is 10.3. The molecule has 3 aromatic rings. The minimum atomic E-state index is -0.491. The Hall–Kier alpha value is -2.19. The topological polar surface area (TPSA) is 64.0 Å². The fourth-order valence-electron chi connectivity index (χ4n) is 3.72. The third-order valence-electron chi connectivity index (χ3n) is 5.77. The van der Waals surface area contributed by atoms with Crippen molar-refractivity contribution in [3.05, 3.63) is 50.9 Å². The molecular weight excluding hydrogens is 433 g/mol. The summed E-state index contributed by atoms with van der Waals surface area (Å²) in [5.41, 5.74) is 0.970. The zero-order valence-corrected chi connectivity index (χ0v) is 19.5. The van der Waals surface area contributed by atoms with Crippen LogP contribution in [0.2, 0.25) is 0 Å². The SMILES string of the molecule is CC(C)C(C)NC(=O)CSc1nc2sc3c(c2c(=O)n1-c1ccccc1F)CCCC3. The van der Waals surface area contributed by atoms with Crippen molar-refractivity contribution in [2.75, 3.05) is 5.75 Å². The number of amides is 1. The highest BCUT2D eigenvalue weighted by Gasteiger charge is 2.24. The lowest BCUT2D eigenvalue weighted by Crippen LogP contribution is -2.37. The van der Waals surface area contributed by atoms with Crippen LogP contribution >= 0.6 is 23.1 Å². The largest absolute Gasteiger partial charge is 0.353 e. The average Bonchev–Trinajstić information content (AvgIpc) is 3.11. The second kappa shape index (κ2) is 9.12. The number of hydrogen-bond donors (Lipinski definition) is 1. The lowest BCUT2D eigenvalue weighted by atomic mass is 9.97. The van der Waals surface area contributed by atoms with Crippen LogP contribution in [0.5, 0.6) is 0 Å². The first-order valence-corrected chi connectivity index (χ1v) is 12.4. The maximum absolute atomic E-state index is 14.7. The number of aromatic nitrogens is 2. The fourth-order valence-corrected chi connectivity index (χ4v) is 5.84. The van der Waals surface area contributed by atoms with Crippen LogP contribution < -0.4 is 10.9 Å². The molecule has 0 aliphatic heterocycles. The number of carbonyl (C=O) groups is 1. The average molecular weight is 460 g/mol. The molecule has 164 valence electrons. The number of nitrogens with zero attached hydrogens (tertiary/aromatic N) is 2. The van der Waals surface area contributed by atoms with E-state index in [4.69, 9.17) is 4.98 Å². The van der Waals surface area contributed by atoms with Crippen LogP contribution in [0.4, 0.5) is 4.39 Å². The lowest BCUT2D eigenvalue weighted by molar-refractivity contribution is -0.119. The lowest BCUT2D eigenvalue weighted by Gasteiger charge is -2.18. The maximum Gasteiger partial charge on any atom is 0.267 e. The normalized spacial score (nSPS) is 14.6. The minimum absolute atomic E-state index is 0.0429. The maximum atomic E-state index is 14.7. The van der Waals surface area contributed by atoms with E-state index in [0.29, 0.717) is 21.3 Å². The van der Waals surface area contributed by atoms with E-state index >= 15 is 0 Å². The molecule has 1 aliphatic carbocycles. The van der Waals surface area contributed by atoms with Crippen molar-refractivity contribution in [1.29, 1.82) is 0 Å². The molecule has 0 spiro atoms. The zero-order chi connectivity index (χ0) is 22.1. The van der Waals surface area contributed by atoms with E-state index in [1.165, 1.54) is 27.3 Å². The first kappa shape index (κ1) is 22.0. The molecule has 0 bridgehead atoms. The number of carbonyl (C=O) groups excluding carboxylic acids is 1. The Kier molecular flexibility index (Phi) is 6.48. The van der Waals surface area contributed by atoms with Crippen LogP contribution in [0, 0.1) is 11.7 Å². The van der Waals surface area contributed by atoms with Gasteiger partial charge in [0.25, 0.3) is 5.56 Å². The van der Waals surface area contributed by atoms with Gasteiger partial charge in [0.2, 0.25) is 5.91 Å². The first-order valence-electron chi connectivity index (χ1n) is 10.6. The number of rotatable bonds is 6. The van der Waals surface area contributed by atoms with Gasteiger partial charge in [-0.05, 0) is 56.2 Å². The van der Waals surface area contributed by atoms with Crippen molar-refractivity contribution in [2.45, 2.75) is 57.7 Å². The summed E-state index contributed by atoms with van der Waals surface area (Å²) in [7, 11) is 0. The molecule has 0 saturated heterocycles. The van der Waals surface area contributed by atoms with Gasteiger partial charge in [-0.2, -0.15) is 0 Å². The van der Waals surface area contributed by atoms with Crippen molar-refractivity contribution < 1.29 is 9.18 Å². The quantitative estimate of drug-likeness (QED) is 0.428. The molecule has 31 heavy (non-hydrogen) atoms.